The average Bonchev–Trinajstić information content (AvgIpc) is 3.54. The number of hydrogen-bond acceptors (Lipinski definition) is 0. The molecule has 3 heteroatoms. The fourth-order valence-electron chi connectivity index (χ4n) is 8.37. The van der Waals surface area contributed by atoms with E-state index in [1.807, 2.05) is 17.7 Å². The van der Waals surface area contributed by atoms with Gasteiger partial charge in [-0.05, 0) is 0 Å². The largest absolute Gasteiger partial charge is 1.00 e. The fourth-order valence-corrected chi connectivity index (χ4v) is 12.8. The zero-order chi connectivity index (χ0) is 29.1. The van der Waals surface area contributed by atoms with Gasteiger partial charge in [-0.1, -0.05) is 0 Å². The molecule has 0 radical (unpaired) electrons. The number of allylic oxidation sites excluding steroid dienone is 8. The molecule has 0 aliphatic heterocycles. The zero-order valence-electron chi connectivity index (χ0n) is 27.5. The Hall–Kier alpha value is -1.14. The van der Waals surface area contributed by atoms with Gasteiger partial charge >= 0.3 is 276 Å². The molecule has 0 saturated heterocycles. The summed E-state index contributed by atoms with van der Waals surface area (Å²) in [4.78, 5) is 0. The molecular formula is C42H54Cl2Zr. The molecule has 0 bridgehead atoms. The predicted octanol–water partition coefficient (Wildman–Crippen LogP) is 6.86. The van der Waals surface area contributed by atoms with Crippen LogP contribution in [0, 0.1) is 0 Å². The van der Waals surface area contributed by atoms with Gasteiger partial charge in [-0.3, -0.25) is 0 Å². The van der Waals surface area contributed by atoms with Gasteiger partial charge in [-0.25, -0.2) is 0 Å². The quantitative estimate of drug-likeness (QED) is 0.324. The third kappa shape index (κ3) is 9.94. The third-order valence-corrected chi connectivity index (χ3v) is 14.2. The van der Waals surface area contributed by atoms with E-state index < -0.39 is 23.2 Å². The summed E-state index contributed by atoms with van der Waals surface area (Å²) in [5.74, 6) is 1.09. The van der Waals surface area contributed by atoms with Gasteiger partial charge in [-0.15, -0.1) is 0 Å². The second-order valence-electron chi connectivity index (χ2n) is 13.8. The molecule has 4 aliphatic carbocycles. The number of rotatable bonds is 4. The molecular weight excluding hydrogens is 667 g/mol. The van der Waals surface area contributed by atoms with Crippen LogP contribution in [0.5, 0.6) is 0 Å². The maximum absolute atomic E-state index is 2.79. The van der Waals surface area contributed by atoms with E-state index in [0.29, 0.717) is 11.8 Å². The van der Waals surface area contributed by atoms with Crippen molar-refractivity contribution < 1.29 is 48.0 Å². The van der Waals surface area contributed by atoms with Crippen LogP contribution in [0.4, 0.5) is 0 Å². The van der Waals surface area contributed by atoms with E-state index in [9.17, 15) is 0 Å². The Morgan fingerprint density at radius 1 is 0.378 bits per heavy atom. The first-order valence-electron chi connectivity index (χ1n) is 18.1. The van der Waals surface area contributed by atoms with E-state index in [2.05, 4.69) is 72.8 Å². The number of hydrogen-bond donors (Lipinski definition) is 0. The van der Waals surface area contributed by atoms with E-state index in [-0.39, 0.29) is 24.8 Å². The first kappa shape index (κ1) is 36.7. The van der Waals surface area contributed by atoms with Crippen molar-refractivity contribution in [1.29, 1.82) is 0 Å². The minimum atomic E-state index is -0.981. The molecule has 0 fully saturated rings. The van der Waals surface area contributed by atoms with E-state index in [0.717, 1.165) is 0 Å². The van der Waals surface area contributed by atoms with Crippen molar-refractivity contribution >= 4 is 0 Å². The first-order chi connectivity index (χ1) is 21.4. The van der Waals surface area contributed by atoms with Crippen LogP contribution >= 0.6 is 0 Å². The van der Waals surface area contributed by atoms with Crippen molar-refractivity contribution in [2.75, 3.05) is 0 Å². The van der Waals surface area contributed by atoms with Crippen LogP contribution < -0.4 is 24.8 Å². The van der Waals surface area contributed by atoms with Gasteiger partial charge in [0.2, 0.25) is 0 Å². The second-order valence-corrected chi connectivity index (χ2v) is 17.2. The van der Waals surface area contributed by atoms with Gasteiger partial charge in [0.05, 0.1) is 0 Å². The SMILES string of the molecule is C1=[C]([Zr+2][C]2=CC3=C(CCCCCCCCCC3)C2c2ccccc2)C(c2ccccc2)C2=C1CCCCCCCCCC2.[Cl-].[Cl-]. The molecule has 0 aromatic heterocycles. The van der Waals surface area contributed by atoms with E-state index in [1.165, 1.54) is 128 Å². The summed E-state index contributed by atoms with van der Waals surface area (Å²) in [6.45, 7) is 0. The van der Waals surface area contributed by atoms with Crippen molar-refractivity contribution in [2.45, 2.75) is 140 Å². The molecule has 2 aromatic rings. The van der Waals surface area contributed by atoms with Crippen LogP contribution in [0.15, 0.2) is 102 Å². The molecule has 2 aromatic carbocycles. The van der Waals surface area contributed by atoms with Gasteiger partial charge in [0.1, 0.15) is 0 Å². The summed E-state index contributed by atoms with van der Waals surface area (Å²) in [5, 5.41) is 0. The topological polar surface area (TPSA) is 0 Å². The Morgan fingerprint density at radius 2 is 0.689 bits per heavy atom. The van der Waals surface area contributed by atoms with Gasteiger partial charge in [0.15, 0.2) is 0 Å². The summed E-state index contributed by atoms with van der Waals surface area (Å²) >= 11 is -0.981. The number of benzene rings is 2. The summed E-state index contributed by atoms with van der Waals surface area (Å²) in [6, 6.07) is 23.4. The molecule has 0 amide bonds. The van der Waals surface area contributed by atoms with Crippen molar-refractivity contribution in [3.05, 3.63) is 113 Å². The maximum atomic E-state index is 2.79. The minimum Gasteiger partial charge on any atom is -1.00 e. The summed E-state index contributed by atoms with van der Waals surface area (Å²) in [5.41, 5.74) is 10.2. The second kappa shape index (κ2) is 19.6. The molecule has 0 spiro atoms. The van der Waals surface area contributed by atoms with Gasteiger partial charge in [0.25, 0.3) is 0 Å². The van der Waals surface area contributed by atoms with Crippen molar-refractivity contribution in [3.63, 3.8) is 0 Å². The zero-order valence-corrected chi connectivity index (χ0v) is 31.5. The number of halogens is 2. The molecule has 4 aliphatic rings. The summed E-state index contributed by atoms with van der Waals surface area (Å²) < 4.78 is 3.70. The first-order valence-corrected chi connectivity index (χ1v) is 20.6. The third-order valence-electron chi connectivity index (χ3n) is 10.6. The molecule has 0 nitrogen and oxygen atoms in total. The Kier molecular flexibility index (Phi) is 16.0. The Labute approximate surface area is 299 Å². The van der Waals surface area contributed by atoms with Crippen LogP contribution in [-0.4, -0.2) is 0 Å². The standard InChI is InChI=1S/2C21H27.2ClH.Zr/c2*1-2-4-6-11-15-20-19(14-8-5-3-1)16-17-21(20)18-12-9-7-10-13-18;;;/h2*7,9-10,12-13,16,21H,1-6,8,11,14-15H2;2*1H;/q;;;;+2/p-2. The molecule has 0 N–H and O–H groups in total. The van der Waals surface area contributed by atoms with Gasteiger partial charge in [0, 0.05) is 0 Å². The van der Waals surface area contributed by atoms with E-state index >= 15 is 0 Å². The van der Waals surface area contributed by atoms with Gasteiger partial charge < -0.3 is 24.8 Å². The normalized spacial score (nSPS) is 23.6. The van der Waals surface area contributed by atoms with Crippen LogP contribution in [0.1, 0.15) is 151 Å². The molecule has 2 unspecified atom stereocenters. The van der Waals surface area contributed by atoms with E-state index in [4.69, 9.17) is 0 Å². The van der Waals surface area contributed by atoms with Crippen LogP contribution in [-0.2, 0) is 23.2 Å². The molecule has 240 valence electrons. The molecule has 2 atom stereocenters. The van der Waals surface area contributed by atoms with Crippen molar-refractivity contribution in [3.8, 4) is 0 Å². The monoisotopic (exact) mass is 718 g/mol. The van der Waals surface area contributed by atoms with Crippen LogP contribution in [0.25, 0.3) is 0 Å². The molecule has 6 rings (SSSR count). The molecule has 0 saturated carbocycles. The van der Waals surface area contributed by atoms with E-state index in [1.54, 1.807) is 22.3 Å². The Bertz CT molecular complexity index is 1200. The van der Waals surface area contributed by atoms with Crippen molar-refractivity contribution in [2.24, 2.45) is 0 Å². The minimum absolute atomic E-state index is 0. The maximum Gasteiger partial charge on any atom is -1.00 e. The van der Waals surface area contributed by atoms with Crippen molar-refractivity contribution in [1.82, 2.24) is 0 Å². The fraction of sp³-hybridized carbons (Fsp3) is 0.524. The summed E-state index contributed by atoms with van der Waals surface area (Å²) in [6.07, 6.45) is 33.4. The predicted molar refractivity (Wildman–Crippen MR) is 181 cm³/mol. The average molecular weight is 721 g/mol. The summed E-state index contributed by atoms with van der Waals surface area (Å²) in [7, 11) is 0. The Balaban J connectivity index is 0.00000230. The molecule has 45 heavy (non-hydrogen) atoms. The van der Waals surface area contributed by atoms with Crippen LogP contribution in [0.3, 0.4) is 0 Å². The molecule has 0 heterocycles. The van der Waals surface area contributed by atoms with Gasteiger partial charge in [-0.2, -0.15) is 0 Å². The Morgan fingerprint density at radius 3 is 1.04 bits per heavy atom. The van der Waals surface area contributed by atoms with Crippen LogP contribution in [0.2, 0.25) is 0 Å². The smallest absolute Gasteiger partial charge is 1.00 e.